The predicted molar refractivity (Wildman–Crippen MR) is 114 cm³/mol. The number of para-hydroxylation sites is 2. The molecule has 0 bridgehead atoms. The molecule has 2 heterocycles. The van der Waals surface area contributed by atoms with Crippen molar-refractivity contribution in [3.63, 3.8) is 0 Å². The number of hydrogen-bond acceptors (Lipinski definition) is 4. The van der Waals surface area contributed by atoms with Crippen LogP contribution in [0.15, 0.2) is 73.3 Å². The second-order valence-electron chi connectivity index (χ2n) is 8.07. The van der Waals surface area contributed by atoms with Crippen molar-refractivity contribution in [1.82, 2.24) is 9.80 Å². The van der Waals surface area contributed by atoms with E-state index in [1.165, 1.54) is 0 Å². The minimum absolute atomic E-state index is 0. The quantitative estimate of drug-likeness (QED) is 0.475. The molecule has 0 N–H and O–H groups in total. The summed E-state index contributed by atoms with van der Waals surface area (Å²) in [5.41, 5.74) is 1.72. The summed E-state index contributed by atoms with van der Waals surface area (Å²) >= 11 is 0. The third-order valence-corrected chi connectivity index (χ3v) is 6.00. The Bertz CT molecular complexity index is 787. The third kappa shape index (κ3) is 3.96. The van der Waals surface area contributed by atoms with E-state index in [1.54, 1.807) is 0 Å². The SMILES string of the molecule is CC(C)(N1C=CN(c2[c-]cccc2)[CH-]1)C(C)(C)N1C=CN(c2[c-]cccc2)[CH-]1.[Pt+4]. The van der Waals surface area contributed by atoms with Crippen LogP contribution in [0.3, 0.4) is 0 Å². The molecule has 0 aliphatic carbocycles. The Morgan fingerprint density at radius 1 is 0.655 bits per heavy atom. The van der Waals surface area contributed by atoms with Crippen molar-refractivity contribution in [2.75, 3.05) is 9.80 Å². The predicted octanol–water partition coefficient (Wildman–Crippen LogP) is 4.97. The maximum Gasteiger partial charge on any atom is 4.00 e. The van der Waals surface area contributed by atoms with Crippen LogP contribution in [-0.4, -0.2) is 20.9 Å². The molecule has 2 aromatic carbocycles. The average molecular weight is 566 g/mol. The summed E-state index contributed by atoms with van der Waals surface area (Å²) in [7, 11) is 0. The van der Waals surface area contributed by atoms with Gasteiger partial charge in [-0.1, -0.05) is 0 Å². The average Bonchev–Trinajstić information content (AvgIpc) is 3.40. The molecule has 4 nitrogen and oxygen atoms in total. The van der Waals surface area contributed by atoms with Crippen LogP contribution in [0.1, 0.15) is 27.7 Å². The van der Waals surface area contributed by atoms with Crippen molar-refractivity contribution in [2.45, 2.75) is 38.8 Å². The number of anilines is 2. The van der Waals surface area contributed by atoms with Crippen molar-refractivity contribution >= 4 is 11.4 Å². The van der Waals surface area contributed by atoms with Gasteiger partial charge < -0.3 is 19.6 Å². The van der Waals surface area contributed by atoms with Crippen LogP contribution in [0.4, 0.5) is 11.4 Å². The number of hydrogen-bond donors (Lipinski definition) is 0. The van der Waals surface area contributed by atoms with E-state index in [2.05, 4.69) is 110 Å². The third-order valence-electron chi connectivity index (χ3n) is 6.00. The van der Waals surface area contributed by atoms with Crippen molar-refractivity contribution in [3.8, 4) is 0 Å². The Balaban J connectivity index is 0.00000240. The van der Waals surface area contributed by atoms with Crippen LogP contribution in [0.25, 0.3) is 0 Å². The zero-order valence-electron chi connectivity index (χ0n) is 17.2. The van der Waals surface area contributed by atoms with Gasteiger partial charge in [-0.25, -0.2) is 0 Å². The second kappa shape index (κ2) is 8.28. The summed E-state index contributed by atoms with van der Waals surface area (Å²) in [6, 6.07) is 22.6. The van der Waals surface area contributed by atoms with Gasteiger partial charge in [-0.3, -0.25) is 0 Å². The van der Waals surface area contributed by atoms with Crippen LogP contribution in [0.2, 0.25) is 0 Å². The van der Waals surface area contributed by atoms with Gasteiger partial charge in [0.05, 0.1) is 0 Å². The van der Waals surface area contributed by atoms with Gasteiger partial charge in [0, 0.05) is 11.1 Å². The van der Waals surface area contributed by atoms with Crippen molar-refractivity contribution in [2.24, 2.45) is 0 Å². The Morgan fingerprint density at radius 2 is 1.07 bits per heavy atom. The molecule has 0 spiro atoms. The number of nitrogens with zero attached hydrogens (tertiary/aromatic N) is 4. The first kappa shape index (κ1) is 21.5. The van der Waals surface area contributed by atoms with Crippen LogP contribution >= 0.6 is 0 Å². The smallest absolute Gasteiger partial charge is 0.502 e. The largest absolute Gasteiger partial charge is 4.00 e. The normalized spacial score (nSPS) is 16.6. The van der Waals surface area contributed by atoms with Gasteiger partial charge in [-0.2, -0.15) is 74.0 Å². The van der Waals surface area contributed by atoms with Crippen molar-refractivity contribution in [1.29, 1.82) is 0 Å². The van der Waals surface area contributed by atoms with E-state index in [4.69, 9.17) is 0 Å². The van der Waals surface area contributed by atoms with Crippen molar-refractivity contribution < 1.29 is 21.1 Å². The number of rotatable bonds is 5. The molecule has 0 radical (unpaired) electrons. The molecule has 0 amide bonds. The van der Waals surface area contributed by atoms with E-state index in [0.29, 0.717) is 0 Å². The van der Waals surface area contributed by atoms with Gasteiger partial charge in [-0.05, 0) is 52.5 Å². The maximum atomic E-state index is 3.28. The van der Waals surface area contributed by atoms with E-state index in [9.17, 15) is 0 Å². The molecule has 2 aliphatic heterocycles. The van der Waals surface area contributed by atoms with Crippen molar-refractivity contribution in [3.05, 3.63) is 98.8 Å². The Labute approximate surface area is 189 Å². The molecule has 5 heteroatoms. The molecular formula is C24H26N4Pt. The molecule has 2 aromatic rings. The Morgan fingerprint density at radius 3 is 1.41 bits per heavy atom. The van der Waals surface area contributed by atoms with Crippen LogP contribution in [-0.2, 0) is 21.1 Å². The fourth-order valence-corrected chi connectivity index (χ4v) is 3.38. The Kier molecular flexibility index (Phi) is 6.14. The molecular weight excluding hydrogens is 539 g/mol. The summed E-state index contributed by atoms with van der Waals surface area (Å²) in [5.74, 6) is 0. The minimum atomic E-state index is -0.176. The number of benzene rings is 2. The monoisotopic (exact) mass is 565 g/mol. The molecule has 0 aromatic heterocycles. The first-order valence-electron chi connectivity index (χ1n) is 9.53. The molecule has 0 saturated carbocycles. The summed E-state index contributed by atoms with van der Waals surface area (Å²) in [5, 5.41) is 0. The van der Waals surface area contributed by atoms with Crippen LogP contribution in [0, 0.1) is 25.5 Å². The molecule has 4 rings (SSSR count). The van der Waals surface area contributed by atoms with E-state index < -0.39 is 0 Å². The van der Waals surface area contributed by atoms with Gasteiger partial charge in [0.15, 0.2) is 0 Å². The van der Waals surface area contributed by atoms with Gasteiger partial charge in [0.2, 0.25) is 0 Å². The standard InChI is InChI=1S/C24H26N4.Pt/c1-23(2,27-17-15-25(19-27)21-11-7-5-8-12-21)24(3,4)28-18-16-26(20-28)22-13-9-6-10-14-22;/h5-11,13,15-20H,1-4H3;/q-4;+4. The second-order valence-corrected chi connectivity index (χ2v) is 8.07. The summed E-state index contributed by atoms with van der Waals surface area (Å²) in [6.07, 6.45) is 8.42. The van der Waals surface area contributed by atoms with Crippen LogP contribution < -0.4 is 9.80 Å². The fourth-order valence-electron chi connectivity index (χ4n) is 3.38. The molecule has 2 aliphatic rings. The van der Waals surface area contributed by atoms with E-state index in [1.807, 2.05) is 36.4 Å². The van der Waals surface area contributed by atoms with Gasteiger partial charge in [0.1, 0.15) is 0 Å². The van der Waals surface area contributed by atoms with Crippen LogP contribution in [0.5, 0.6) is 0 Å². The van der Waals surface area contributed by atoms with E-state index >= 15 is 0 Å². The summed E-state index contributed by atoms with van der Waals surface area (Å²) in [6.45, 7) is 13.3. The van der Waals surface area contributed by atoms with E-state index in [-0.39, 0.29) is 32.1 Å². The summed E-state index contributed by atoms with van der Waals surface area (Å²) < 4.78 is 0. The molecule has 0 unspecified atom stereocenters. The first-order valence-corrected chi connectivity index (χ1v) is 9.53. The topological polar surface area (TPSA) is 13.0 Å². The molecule has 152 valence electrons. The maximum absolute atomic E-state index is 3.28. The summed E-state index contributed by atoms with van der Waals surface area (Å²) in [4.78, 5) is 8.75. The molecule has 29 heavy (non-hydrogen) atoms. The zero-order chi connectivity index (χ0) is 19.8. The molecule has 0 fully saturated rings. The molecule has 0 atom stereocenters. The van der Waals surface area contributed by atoms with Gasteiger partial charge >= 0.3 is 21.1 Å². The zero-order valence-corrected chi connectivity index (χ0v) is 19.5. The first-order chi connectivity index (χ1) is 13.4. The Hall–Kier alpha value is -2.19. The van der Waals surface area contributed by atoms with Gasteiger partial charge in [-0.15, -0.1) is 11.4 Å². The minimum Gasteiger partial charge on any atom is -0.502 e. The van der Waals surface area contributed by atoms with E-state index in [0.717, 1.165) is 11.4 Å². The fraction of sp³-hybridized carbons (Fsp3) is 0.250. The van der Waals surface area contributed by atoms with Gasteiger partial charge in [0.25, 0.3) is 0 Å². The molecule has 0 saturated heterocycles.